The summed E-state index contributed by atoms with van der Waals surface area (Å²) in [4.78, 5) is 27.3. The van der Waals surface area contributed by atoms with Gasteiger partial charge in [0.15, 0.2) is 20.9 Å². The van der Waals surface area contributed by atoms with Crippen LogP contribution in [-0.4, -0.2) is 24.2 Å². The number of benzene rings is 3. The first-order valence-corrected chi connectivity index (χ1v) is 14.7. The molecule has 0 spiro atoms. The van der Waals surface area contributed by atoms with E-state index in [0.29, 0.717) is 39.7 Å². The lowest BCUT2D eigenvalue weighted by atomic mass is 9.49. The number of rotatable bonds is 5. The molecule has 4 bridgehead atoms. The van der Waals surface area contributed by atoms with Gasteiger partial charge in [-0.25, -0.2) is 4.79 Å². The summed E-state index contributed by atoms with van der Waals surface area (Å²) in [6, 6.07) is 17.9. The maximum Gasteiger partial charge on any atom is 0.341 e. The Balaban J connectivity index is 1.42. The lowest BCUT2D eigenvalue weighted by molar-refractivity contribution is -0.161. The van der Waals surface area contributed by atoms with Crippen molar-refractivity contribution in [3.05, 3.63) is 65.7 Å². The van der Waals surface area contributed by atoms with Crippen LogP contribution in [0.4, 0.5) is 0 Å². The molecule has 4 fully saturated rings. The van der Waals surface area contributed by atoms with Crippen molar-refractivity contribution in [2.75, 3.05) is 7.11 Å². The van der Waals surface area contributed by atoms with Crippen molar-refractivity contribution in [1.82, 2.24) is 0 Å². The molecule has 0 saturated heterocycles. The largest absolute Gasteiger partial charge is 0.493 e. The van der Waals surface area contributed by atoms with E-state index in [1.54, 1.807) is 6.07 Å². The fourth-order valence-corrected chi connectivity index (χ4v) is 10.8. The van der Waals surface area contributed by atoms with E-state index in [0.717, 1.165) is 39.4 Å². The fraction of sp³-hybridized carbons (Fsp3) is 0.375. The molecule has 4 aliphatic carbocycles. The lowest BCUT2D eigenvalue weighted by Crippen LogP contribution is -2.51. The van der Waals surface area contributed by atoms with Gasteiger partial charge in [-0.2, -0.15) is 0 Å². The second-order valence-electron chi connectivity index (χ2n) is 11.6. The van der Waals surface area contributed by atoms with Crippen LogP contribution in [0.3, 0.4) is 0 Å². The Labute approximate surface area is 224 Å². The van der Waals surface area contributed by atoms with Crippen molar-refractivity contribution < 1.29 is 24.2 Å². The van der Waals surface area contributed by atoms with Gasteiger partial charge in [0.05, 0.1) is 18.1 Å². The van der Waals surface area contributed by atoms with Crippen LogP contribution in [-0.2, 0) is 4.79 Å². The molecule has 4 aliphatic rings. The number of thiophene rings is 1. The summed E-state index contributed by atoms with van der Waals surface area (Å²) in [7, 11) is 0.847. The van der Waals surface area contributed by atoms with Gasteiger partial charge in [-0.15, -0.1) is 0 Å². The molecular weight excluding hydrogens is 496 g/mol. The molecule has 4 aromatic rings. The van der Waals surface area contributed by atoms with E-state index in [9.17, 15) is 14.7 Å². The molecule has 1 heterocycles. The molecule has 5 nitrogen and oxygen atoms in total. The third-order valence-corrected chi connectivity index (χ3v) is 11.8. The second kappa shape index (κ2) is 8.57. The number of esters is 1. The number of carbonyl (C=O) groups excluding carboxylic acids is 1. The molecule has 0 aliphatic heterocycles. The Morgan fingerprint density at radius 3 is 1.92 bits per heavy atom. The Hall–Kier alpha value is -3.38. The predicted molar refractivity (Wildman–Crippen MR) is 150 cm³/mol. The summed E-state index contributed by atoms with van der Waals surface area (Å²) < 4.78 is 14.1. The van der Waals surface area contributed by atoms with Gasteiger partial charge in [-0.3, -0.25) is 4.79 Å². The zero-order valence-electron chi connectivity index (χ0n) is 21.7. The van der Waals surface area contributed by atoms with Crippen LogP contribution >= 0.6 is 10.5 Å². The van der Waals surface area contributed by atoms with Gasteiger partial charge in [0.2, 0.25) is 4.90 Å². The van der Waals surface area contributed by atoms with Crippen LogP contribution in [0, 0.1) is 30.1 Å². The van der Waals surface area contributed by atoms with Crippen molar-refractivity contribution in [3.8, 4) is 16.4 Å². The SMILES string of the molecule is COc1cc(C(=O)O)c(-[s+]2c3ccccc3c3ccccc32)c(C)c1OC(=O)C12CC3CC(CC(C3)C1)C2. The average Bonchev–Trinajstić information content (AvgIpc) is 3.23. The minimum Gasteiger partial charge on any atom is -0.493 e. The molecular formula is C32H31O5S+. The quantitative estimate of drug-likeness (QED) is 0.162. The first-order chi connectivity index (χ1) is 18.4. The van der Waals surface area contributed by atoms with Gasteiger partial charge in [0.1, 0.15) is 5.56 Å². The number of ether oxygens (including phenoxy) is 2. The van der Waals surface area contributed by atoms with Gasteiger partial charge in [-0.1, -0.05) is 24.3 Å². The van der Waals surface area contributed by atoms with Crippen LogP contribution < -0.4 is 9.47 Å². The molecule has 8 rings (SSSR count). The highest BCUT2D eigenvalue weighted by atomic mass is 32.2. The third-order valence-electron chi connectivity index (χ3n) is 9.25. The predicted octanol–water partition coefficient (Wildman–Crippen LogP) is 7.87. The second-order valence-corrected chi connectivity index (χ2v) is 13.5. The normalized spacial score (nSPS) is 25.7. The number of fused-ring (bicyclic) bond motifs is 3. The standard InChI is InChI=1S/C32H30O5S/c1-18-28(37-31(35)32-15-19-11-20(16-32)13-21(12-19)17-32)25(36-2)14-24(30(33)34)29(18)38-26-9-5-3-7-22(26)23-8-4-6-10-27(23)38/h3-10,14,19-21H,11-13,15-17H2,1-2H3/p+1. The fourth-order valence-electron chi connectivity index (χ4n) is 8.09. The number of hydrogen-bond donors (Lipinski definition) is 1. The lowest BCUT2D eigenvalue weighted by Gasteiger charge is -2.55. The van der Waals surface area contributed by atoms with E-state index in [-0.39, 0.29) is 11.5 Å². The summed E-state index contributed by atoms with van der Waals surface area (Å²) in [5.74, 6) is 1.34. The molecule has 3 aromatic carbocycles. The van der Waals surface area contributed by atoms with E-state index in [4.69, 9.17) is 9.47 Å². The molecule has 6 heteroatoms. The molecule has 4 saturated carbocycles. The number of methoxy groups -OCH3 is 1. The maximum atomic E-state index is 13.9. The summed E-state index contributed by atoms with van der Waals surface area (Å²) in [6.45, 7) is 1.88. The van der Waals surface area contributed by atoms with Gasteiger partial charge in [0.25, 0.3) is 0 Å². The number of carboxylic acid groups (broad SMARTS) is 1. The summed E-state index contributed by atoms with van der Waals surface area (Å²) in [5.41, 5.74) is 0.422. The van der Waals surface area contributed by atoms with Crippen molar-refractivity contribution in [2.24, 2.45) is 23.2 Å². The van der Waals surface area contributed by atoms with Crippen molar-refractivity contribution in [3.63, 3.8) is 0 Å². The highest BCUT2D eigenvalue weighted by Gasteiger charge is 2.56. The van der Waals surface area contributed by atoms with Crippen LogP contribution in [0.25, 0.3) is 25.1 Å². The van der Waals surface area contributed by atoms with Crippen LogP contribution in [0.2, 0.25) is 0 Å². The zero-order valence-corrected chi connectivity index (χ0v) is 22.5. The van der Waals surface area contributed by atoms with Crippen LogP contribution in [0.5, 0.6) is 11.5 Å². The van der Waals surface area contributed by atoms with Gasteiger partial charge < -0.3 is 14.6 Å². The number of aromatic carboxylic acids is 1. The van der Waals surface area contributed by atoms with E-state index >= 15 is 0 Å². The van der Waals surface area contributed by atoms with E-state index in [2.05, 4.69) is 24.3 Å². The first-order valence-electron chi connectivity index (χ1n) is 13.5. The molecule has 1 aromatic heterocycles. The van der Waals surface area contributed by atoms with Crippen molar-refractivity contribution in [1.29, 1.82) is 0 Å². The Morgan fingerprint density at radius 1 is 0.895 bits per heavy atom. The summed E-state index contributed by atoms with van der Waals surface area (Å²) >= 11 is 0. The highest BCUT2D eigenvalue weighted by molar-refractivity contribution is 7.50. The van der Waals surface area contributed by atoms with Gasteiger partial charge >= 0.3 is 11.9 Å². The van der Waals surface area contributed by atoms with Crippen LogP contribution in [0.1, 0.15) is 54.4 Å². The Kier molecular flexibility index (Phi) is 5.35. The smallest absolute Gasteiger partial charge is 0.341 e. The number of carbonyl (C=O) groups is 2. The van der Waals surface area contributed by atoms with Crippen LogP contribution in [0.15, 0.2) is 54.6 Å². The van der Waals surface area contributed by atoms with E-state index < -0.39 is 21.9 Å². The van der Waals surface area contributed by atoms with Gasteiger partial charge in [-0.05, 0) is 87.5 Å². The topological polar surface area (TPSA) is 72.8 Å². The first kappa shape index (κ1) is 23.7. The van der Waals surface area contributed by atoms with Crippen molar-refractivity contribution >= 4 is 42.6 Å². The minimum atomic E-state index is -1.02. The Bertz CT molecular complexity index is 1540. The summed E-state index contributed by atoms with van der Waals surface area (Å²) in [6.07, 6.45) is 6.45. The number of carboxylic acids is 1. The molecule has 0 unspecified atom stereocenters. The van der Waals surface area contributed by atoms with E-state index in [1.165, 1.54) is 26.4 Å². The number of hydrogen-bond acceptors (Lipinski definition) is 4. The average molecular weight is 528 g/mol. The Morgan fingerprint density at radius 2 is 1.42 bits per heavy atom. The summed E-state index contributed by atoms with van der Waals surface area (Å²) in [5, 5.41) is 12.6. The monoisotopic (exact) mass is 527 g/mol. The minimum absolute atomic E-state index is 0.164. The highest BCUT2D eigenvalue weighted by Crippen LogP contribution is 2.61. The van der Waals surface area contributed by atoms with Gasteiger partial charge in [0, 0.05) is 27.3 Å². The molecule has 1 N–H and O–H groups in total. The van der Waals surface area contributed by atoms with Crippen molar-refractivity contribution in [2.45, 2.75) is 45.4 Å². The maximum absolute atomic E-state index is 13.9. The molecule has 194 valence electrons. The zero-order chi connectivity index (χ0) is 26.2. The molecule has 0 amide bonds. The molecule has 38 heavy (non-hydrogen) atoms. The third kappa shape index (κ3) is 3.42. The molecule has 0 atom stereocenters. The molecule has 0 radical (unpaired) electrons. The van der Waals surface area contributed by atoms with E-state index in [1.807, 2.05) is 31.2 Å².